The lowest BCUT2D eigenvalue weighted by molar-refractivity contribution is -0.140. The number of halogens is 3. The Hall–Kier alpha value is -4.48. The highest BCUT2D eigenvalue weighted by atomic mass is 19.4. The zero-order valence-corrected chi connectivity index (χ0v) is 22.0. The summed E-state index contributed by atoms with van der Waals surface area (Å²) in [6.07, 6.45) is 0.236. The van der Waals surface area contributed by atoms with Crippen LogP contribution in [0.3, 0.4) is 0 Å². The molecule has 1 atom stereocenters. The largest absolute Gasteiger partial charge is 0.481 e. The summed E-state index contributed by atoms with van der Waals surface area (Å²) in [5, 5.41) is 4.03. The number of aryl methyl sites for hydroxylation is 1. The molecule has 0 saturated heterocycles. The average molecular weight is 550 g/mol. The molecular formula is C28H26F3N7O2. The number of alkyl halides is 3. The lowest BCUT2D eigenvalue weighted by Gasteiger charge is -2.22. The number of allylic oxidation sites excluding steroid dienone is 1. The summed E-state index contributed by atoms with van der Waals surface area (Å²) in [6.45, 7) is 2.29. The van der Waals surface area contributed by atoms with Crippen molar-refractivity contribution in [3.8, 4) is 11.4 Å². The molecule has 1 N–H and O–H groups in total. The number of aromatic nitrogens is 5. The van der Waals surface area contributed by atoms with Crippen LogP contribution in [0.1, 0.15) is 42.9 Å². The van der Waals surface area contributed by atoms with E-state index in [9.17, 15) is 18.0 Å². The number of nitrogens with zero attached hydrogens (tertiary/aromatic N) is 6. The summed E-state index contributed by atoms with van der Waals surface area (Å²) >= 11 is 0. The average Bonchev–Trinajstić information content (AvgIpc) is 3.72. The molecule has 9 nitrogen and oxygen atoms in total. The molecule has 206 valence electrons. The van der Waals surface area contributed by atoms with Crippen LogP contribution in [0.25, 0.3) is 28.0 Å². The predicted octanol–water partition coefficient (Wildman–Crippen LogP) is 4.55. The van der Waals surface area contributed by atoms with Crippen LogP contribution in [0.4, 0.5) is 13.2 Å². The Labute approximate surface area is 227 Å². The fraction of sp³-hybridized carbons (Fsp3) is 0.321. The van der Waals surface area contributed by atoms with Crippen molar-refractivity contribution in [1.29, 1.82) is 0 Å². The van der Waals surface area contributed by atoms with Crippen molar-refractivity contribution in [1.82, 2.24) is 29.4 Å². The van der Waals surface area contributed by atoms with Gasteiger partial charge in [0.1, 0.15) is 23.7 Å². The number of aliphatic imine (C=N–C) groups is 1. The highest BCUT2D eigenvalue weighted by Gasteiger charge is 2.35. The van der Waals surface area contributed by atoms with E-state index in [1.807, 2.05) is 6.92 Å². The Morgan fingerprint density at radius 1 is 1.10 bits per heavy atom. The first kappa shape index (κ1) is 25.8. The number of fused-ring (bicyclic) bond motifs is 1. The Morgan fingerprint density at radius 3 is 2.50 bits per heavy atom. The van der Waals surface area contributed by atoms with Crippen molar-refractivity contribution in [3.63, 3.8) is 0 Å². The molecule has 0 amide bonds. The molecule has 1 aromatic carbocycles. The van der Waals surface area contributed by atoms with Crippen LogP contribution >= 0.6 is 0 Å². The second kappa shape index (κ2) is 9.61. The van der Waals surface area contributed by atoms with Gasteiger partial charge in [0.25, 0.3) is 5.56 Å². The number of hydrogen-bond acceptors (Lipinski definition) is 7. The van der Waals surface area contributed by atoms with E-state index in [-0.39, 0.29) is 11.4 Å². The molecule has 2 aliphatic rings. The van der Waals surface area contributed by atoms with Crippen molar-refractivity contribution in [3.05, 3.63) is 81.9 Å². The van der Waals surface area contributed by atoms with E-state index in [1.54, 1.807) is 48.2 Å². The first-order chi connectivity index (χ1) is 19.2. The molecule has 1 aliphatic heterocycles. The molecule has 0 radical (unpaired) electrons. The molecule has 4 aromatic rings. The topological polar surface area (TPSA) is 99.2 Å². The summed E-state index contributed by atoms with van der Waals surface area (Å²) < 4.78 is 47.9. The molecule has 1 saturated carbocycles. The van der Waals surface area contributed by atoms with Gasteiger partial charge in [-0.2, -0.15) is 13.2 Å². The zero-order chi connectivity index (χ0) is 28.2. The van der Waals surface area contributed by atoms with Crippen LogP contribution < -0.4 is 10.9 Å². The predicted molar refractivity (Wildman–Crippen MR) is 143 cm³/mol. The summed E-state index contributed by atoms with van der Waals surface area (Å²) in [5.74, 6) is 1.44. The van der Waals surface area contributed by atoms with E-state index in [2.05, 4.69) is 20.3 Å². The second-order valence-corrected chi connectivity index (χ2v) is 9.94. The van der Waals surface area contributed by atoms with Crippen molar-refractivity contribution in [2.45, 2.75) is 32.0 Å². The van der Waals surface area contributed by atoms with Crippen LogP contribution in [0.2, 0.25) is 0 Å². The maximum absolute atomic E-state index is 13.2. The number of methoxy groups -OCH3 is 1. The van der Waals surface area contributed by atoms with E-state index in [1.165, 1.54) is 17.7 Å². The smallest absolute Gasteiger partial charge is 0.434 e. The molecule has 12 heteroatoms. The summed E-state index contributed by atoms with van der Waals surface area (Å²) in [7, 11) is 3.08. The molecule has 40 heavy (non-hydrogen) atoms. The van der Waals surface area contributed by atoms with Gasteiger partial charge in [-0.1, -0.05) is 24.3 Å². The number of hydrogen-bond donors (Lipinski definition) is 1. The molecule has 3 aromatic heterocycles. The van der Waals surface area contributed by atoms with Gasteiger partial charge in [0.05, 0.1) is 13.2 Å². The lowest BCUT2D eigenvalue weighted by Crippen LogP contribution is -2.28. The molecule has 6 rings (SSSR count). The van der Waals surface area contributed by atoms with Gasteiger partial charge < -0.3 is 14.6 Å². The molecule has 0 spiro atoms. The van der Waals surface area contributed by atoms with Gasteiger partial charge in [0.2, 0.25) is 5.90 Å². The van der Waals surface area contributed by atoms with E-state index in [4.69, 9.17) is 9.72 Å². The van der Waals surface area contributed by atoms with Gasteiger partial charge in [-0.25, -0.2) is 19.9 Å². The van der Waals surface area contributed by atoms with Crippen LogP contribution in [0.15, 0.2) is 64.3 Å². The SMILES string of the molecule is COC1=NCNC(C2CC2)=C1c1ncc2ccc(=O)n(C(C)c3ccc(-c4nc(C(F)(F)F)cn4C)cc3)c2n1. The van der Waals surface area contributed by atoms with Gasteiger partial charge in [-0.05, 0) is 37.3 Å². The van der Waals surface area contributed by atoms with Crippen molar-refractivity contribution >= 4 is 22.5 Å². The molecule has 1 fully saturated rings. The zero-order valence-electron chi connectivity index (χ0n) is 22.0. The van der Waals surface area contributed by atoms with Crippen molar-refractivity contribution in [2.24, 2.45) is 18.0 Å². The Balaban J connectivity index is 1.40. The Bertz CT molecular complexity index is 1730. The third-order valence-corrected chi connectivity index (χ3v) is 7.25. The number of rotatable bonds is 5. The van der Waals surface area contributed by atoms with E-state index in [0.29, 0.717) is 46.5 Å². The second-order valence-electron chi connectivity index (χ2n) is 9.94. The highest BCUT2D eigenvalue weighted by molar-refractivity contribution is 6.20. The fourth-order valence-electron chi connectivity index (χ4n) is 5.05. The minimum absolute atomic E-state index is 0.197. The molecule has 1 unspecified atom stereocenters. The number of pyridine rings is 1. The van der Waals surface area contributed by atoms with E-state index >= 15 is 0 Å². The molecular weight excluding hydrogens is 523 g/mol. The fourth-order valence-corrected chi connectivity index (χ4v) is 5.05. The maximum Gasteiger partial charge on any atom is 0.434 e. The van der Waals surface area contributed by atoms with Crippen LogP contribution in [-0.2, 0) is 18.0 Å². The first-order valence-electron chi connectivity index (χ1n) is 12.8. The van der Waals surface area contributed by atoms with E-state index < -0.39 is 17.9 Å². The number of ether oxygens (including phenoxy) is 1. The lowest BCUT2D eigenvalue weighted by atomic mass is 10.0. The maximum atomic E-state index is 13.2. The van der Waals surface area contributed by atoms with Gasteiger partial charge in [0.15, 0.2) is 11.5 Å². The summed E-state index contributed by atoms with van der Waals surface area (Å²) in [5.41, 5.74) is 2.27. The van der Waals surface area contributed by atoms with E-state index in [0.717, 1.165) is 30.3 Å². The van der Waals surface area contributed by atoms with Crippen LogP contribution in [0, 0.1) is 5.92 Å². The Morgan fingerprint density at radius 2 is 1.85 bits per heavy atom. The van der Waals surface area contributed by atoms with Gasteiger partial charge in [-0.3, -0.25) is 9.36 Å². The third-order valence-electron chi connectivity index (χ3n) is 7.25. The van der Waals surface area contributed by atoms with Crippen LogP contribution in [-0.4, -0.2) is 43.8 Å². The molecule has 4 heterocycles. The summed E-state index contributed by atoms with van der Waals surface area (Å²) in [6, 6.07) is 9.69. The van der Waals surface area contributed by atoms with Gasteiger partial charge in [0, 0.05) is 42.2 Å². The normalized spacial score (nSPS) is 16.6. The summed E-state index contributed by atoms with van der Waals surface area (Å²) in [4.78, 5) is 30.8. The highest BCUT2D eigenvalue weighted by Crippen LogP contribution is 2.40. The van der Waals surface area contributed by atoms with Crippen LogP contribution in [0.5, 0.6) is 0 Å². The molecule has 1 aliphatic carbocycles. The van der Waals surface area contributed by atoms with Gasteiger partial charge in [-0.15, -0.1) is 0 Å². The number of nitrogens with one attached hydrogen (secondary N) is 1. The van der Waals surface area contributed by atoms with Crippen molar-refractivity contribution in [2.75, 3.05) is 13.8 Å². The monoisotopic (exact) mass is 549 g/mol. The minimum Gasteiger partial charge on any atom is -0.481 e. The standard InChI is InChI=1S/C28H26F3N7O2/c1-15(16-4-8-18(9-5-16)25-35-20(13-37(25)2)28(29,30)31)38-21(39)11-10-19-12-32-24(36-26(19)38)22-23(17-6-7-17)33-14-34-27(22)40-3/h4-5,8-13,15,17,33H,6-7,14H2,1-3H3. The molecule has 0 bridgehead atoms. The Kier molecular flexibility index (Phi) is 6.20. The minimum atomic E-state index is -4.53. The third kappa shape index (κ3) is 4.52. The number of imidazole rings is 1. The van der Waals surface area contributed by atoms with Crippen molar-refractivity contribution < 1.29 is 17.9 Å². The number of benzene rings is 1. The van der Waals surface area contributed by atoms with Gasteiger partial charge >= 0.3 is 6.18 Å². The first-order valence-corrected chi connectivity index (χ1v) is 12.8. The quantitative estimate of drug-likeness (QED) is 0.392.